The third kappa shape index (κ3) is 2.81. The van der Waals surface area contributed by atoms with Gasteiger partial charge in [0, 0.05) is 12.3 Å². The van der Waals surface area contributed by atoms with Crippen LogP contribution in [0.3, 0.4) is 0 Å². The lowest BCUT2D eigenvalue weighted by molar-refractivity contribution is -0.282. The zero-order valence-corrected chi connectivity index (χ0v) is 20.6. The van der Waals surface area contributed by atoms with Gasteiger partial charge >= 0.3 is 0 Å². The molecule has 13 atom stereocenters. The molecule has 6 aliphatic rings. The van der Waals surface area contributed by atoms with E-state index >= 15 is 0 Å². The first-order chi connectivity index (χ1) is 14.7. The second-order valence-corrected chi connectivity index (χ2v) is 13.6. The quantitative estimate of drug-likeness (QED) is 0.509. The molecule has 2 saturated heterocycles. The van der Waals surface area contributed by atoms with Crippen molar-refractivity contribution in [2.24, 2.45) is 58.2 Å². The molecule has 6 fully saturated rings. The molecule has 2 aliphatic heterocycles. The van der Waals surface area contributed by atoms with Crippen molar-refractivity contribution in [1.82, 2.24) is 0 Å². The normalized spacial score (nSPS) is 63.3. The van der Waals surface area contributed by atoms with Crippen LogP contribution in [0, 0.1) is 58.2 Å². The van der Waals surface area contributed by atoms with Gasteiger partial charge in [-0.25, -0.2) is 0 Å². The summed E-state index contributed by atoms with van der Waals surface area (Å²) in [5, 5.41) is 10.3. The third-order valence-corrected chi connectivity index (χ3v) is 12.5. The van der Waals surface area contributed by atoms with Gasteiger partial charge in [-0.15, -0.1) is 0 Å². The van der Waals surface area contributed by atoms with E-state index in [4.69, 9.17) is 9.47 Å². The Labute approximate surface area is 190 Å². The fourth-order valence-corrected chi connectivity index (χ4v) is 10.5. The second kappa shape index (κ2) is 6.95. The minimum absolute atomic E-state index is 0.0413. The van der Waals surface area contributed by atoms with Gasteiger partial charge in [-0.05, 0) is 104 Å². The SMILES string of the molecule is C[C@@H]1CO[C@]2(C[C@@H]1C)O[C@H]1CC3C4CC[C@@H]5C[C@@H](O)CC[C@]5(C)C4CC[C@]3(C)[C@H]1[C@@H]2C. The molecule has 4 saturated carbocycles. The molecule has 6 rings (SSSR count). The summed E-state index contributed by atoms with van der Waals surface area (Å²) in [7, 11) is 0. The van der Waals surface area contributed by atoms with Gasteiger partial charge in [0.15, 0.2) is 5.79 Å². The second-order valence-electron chi connectivity index (χ2n) is 13.6. The van der Waals surface area contributed by atoms with E-state index in [1.54, 1.807) is 0 Å². The summed E-state index contributed by atoms with van der Waals surface area (Å²) in [6.07, 6.45) is 11.6. The summed E-state index contributed by atoms with van der Waals surface area (Å²) >= 11 is 0. The number of ether oxygens (including phenoxy) is 2. The molecule has 2 heterocycles. The van der Waals surface area contributed by atoms with Crippen LogP contribution >= 0.6 is 0 Å². The van der Waals surface area contributed by atoms with Crippen molar-refractivity contribution >= 4 is 0 Å². The standard InChI is InChI=1S/C28H46O3/c1-16-14-28(30-15-17(16)2)18(3)25-24(31-28)13-23-21-7-6-19-12-20(29)8-10-26(19,4)22(21)9-11-27(23,25)5/h16-25,29H,6-15H2,1-5H3/t16-,17+,18-,19+,20-,21?,22?,23?,24-,25-,26-,27-,28+/m0/s1. The average Bonchev–Trinajstić information content (AvgIpc) is 3.16. The largest absolute Gasteiger partial charge is 0.393 e. The van der Waals surface area contributed by atoms with Gasteiger partial charge in [0.25, 0.3) is 0 Å². The lowest BCUT2D eigenvalue weighted by atomic mass is 9.44. The minimum atomic E-state index is -0.310. The fourth-order valence-electron chi connectivity index (χ4n) is 10.5. The van der Waals surface area contributed by atoms with Crippen LogP contribution in [0.25, 0.3) is 0 Å². The van der Waals surface area contributed by atoms with E-state index in [1.165, 1.54) is 38.5 Å². The van der Waals surface area contributed by atoms with Crippen molar-refractivity contribution < 1.29 is 14.6 Å². The van der Waals surface area contributed by atoms with Gasteiger partial charge in [-0.1, -0.05) is 34.6 Å². The first kappa shape index (κ1) is 21.4. The van der Waals surface area contributed by atoms with Gasteiger partial charge in [0.1, 0.15) is 0 Å². The Morgan fingerprint density at radius 2 is 1.61 bits per heavy atom. The number of aliphatic hydroxyl groups is 1. The summed E-state index contributed by atoms with van der Waals surface area (Å²) < 4.78 is 13.5. The Kier molecular flexibility index (Phi) is 4.80. The number of hydrogen-bond donors (Lipinski definition) is 1. The zero-order valence-electron chi connectivity index (χ0n) is 20.6. The smallest absolute Gasteiger partial charge is 0.171 e. The van der Waals surface area contributed by atoms with E-state index in [2.05, 4.69) is 34.6 Å². The molecule has 176 valence electrons. The molecule has 0 aromatic rings. The molecule has 31 heavy (non-hydrogen) atoms. The molecule has 3 unspecified atom stereocenters. The van der Waals surface area contributed by atoms with E-state index in [-0.39, 0.29) is 11.9 Å². The molecule has 0 amide bonds. The number of aliphatic hydroxyl groups excluding tert-OH is 1. The zero-order chi connectivity index (χ0) is 21.8. The maximum absolute atomic E-state index is 10.3. The van der Waals surface area contributed by atoms with Crippen LogP contribution in [0.2, 0.25) is 0 Å². The van der Waals surface area contributed by atoms with Crippen LogP contribution in [-0.2, 0) is 9.47 Å². The maximum atomic E-state index is 10.3. The van der Waals surface area contributed by atoms with Crippen molar-refractivity contribution in [2.75, 3.05) is 6.61 Å². The summed E-state index contributed by atoms with van der Waals surface area (Å²) in [6, 6.07) is 0. The van der Waals surface area contributed by atoms with Gasteiger partial charge in [-0.2, -0.15) is 0 Å². The molecule has 3 heteroatoms. The van der Waals surface area contributed by atoms with Crippen molar-refractivity contribution in [2.45, 2.75) is 110 Å². The Morgan fingerprint density at radius 3 is 2.39 bits per heavy atom. The van der Waals surface area contributed by atoms with Gasteiger partial charge in [-0.3, -0.25) is 0 Å². The Hall–Kier alpha value is -0.120. The lowest BCUT2D eigenvalue weighted by Crippen LogP contribution is -2.55. The van der Waals surface area contributed by atoms with Crippen LogP contribution in [-0.4, -0.2) is 29.7 Å². The monoisotopic (exact) mass is 430 g/mol. The molecule has 0 radical (unpaired) electrons. The van der Waals surface area contributed by atoms with E-state index in [9.17, 15) is 5.11 Å². The molecule has 0 bridgehead atoms. The van der Waals surface area contributed by atoms with E-state index < -0.39 is 0 Å². The van der Waals surface area contributed by atoms with Crippen molar-refractivity contribution in [3.63, 3.8) is 0 Å². The molecule has 3 nitrogen and oxygen atoms in total. The topological polar surface area (TPSA) is 38.7 Å². The van der Waals surface area contributed by atoms with Gasteiger partial charge in [0.2, 0.25) is 0 Å². The predicted molar refractivity (Wildman–Crippen MR) is 122 cm³/mol. The Bertz CT molecular complexity index is 723. The van der Waals surface area contributed by atoms with Crippen LogP contribution in [0.1, 0.15) is 92.4 Å². The molecular weight excluding hydrogens is 384 g/mol. The highest BCUT2D eigenvalue weighted by Gasteiger charge is 2.69. The highest BCUT2D eigenvalue weighted by atomic mass is 16.7. The molecule has 1 N–H and O–H groups in total. The summed E-state index contributed by atoms with van der Waals surface area (Å²) in [5.74, 6) is 5.51. The van der Waals surface area contributed by atoms with Gasteiger partial charge in [0.05, 0.1) is 18.8 Å². The number of fused-ring (bicyclic) bond motifs is 7. The minimum Gasteiger partial charge on any atom is -0.393 e. The average molecular weight is 431 g/mol. The third-order valence-electron chi connectivity index (χ3n) is 12.5. The first-order valence-electron chi connectivity index (χ1n) is 13.7. The highest BCUT2D eigenvalue weighted by Crippen LogP contribution is 2.71. The van der Waals surface area contributed by atoms with Crippen molar-refractivity contribution in [1.29, 1.82) is 0 Å². The number of hydrogen-bond acceptors (Lipinski definition) is 3. The first-order valence-corrected chi connectivity index (χ1v) is 13.7. The van der Waals surface area contributed by atoms with Crippen LogP contribution in [0.5, 0.6) is 0 Å². The molecule has 1 spiro atoms. The molecule has 0 aromatic heterocycles. The van der Waals surface area contributed by atoms with Crippen LogP contribution < -0.4 is 0 Å². The molecule has 0 aromatic carbocycles. The fraction of sp³-hybridized carbons (Fsp3) is 1.00. The summed E-state index contributed by atoms with van der Waals surface area (Å²) in [4.78, 5) is 0. The van der Waals surface area contributed by atoms with E-state index in [0.717, 1.165) is 49.5 Å². The van der Waals surface area contributed by atoms with Crippen molar-refractivity contribution in [3.05, 3.63) is 0 Å². The van der Waals surface area contributed by atoms with E-state index in [1.807, 2.05) is 0 Å². The Morgan fingerprint density at radius 1 is 0.839 bits per heavy atom. The van der Waals surface area contributed by atoms with Crippen LogP contribution in [0.15, 0.2) is 0 Å². The maximum Gasteiger partial charge on any atom is 0.171 e. The summed E-state index contributed by atoms with van der Waals surface area (Å²) in [5.41, 5.74) is 0.884. The van der Waals surface area contributed by atoms with Gasteiger partial charge < -0.3 is 14.6 Å². The molecular formula is C28H46O3. The van der Waals surface area contributed by atoms with Crippen LogP contribution in [0.4, 0.5) is 0 Å². The molecule has 4 aliphatic carbocycles. The van der Waals surface area contributed by atoms with Crippen molar-refractivity contribution in [3.8, 4) is 0 Å². The summed E-state index contributed by atoms with van der Waals surface area (Å²) in [6.45, 7) is 13.3. The lowest BCUT2D eigenvalue weighted by Gasteiger charge is -2.61. The van der Waals surface area contributed by atoms with E-state index in [0.29, 0.717) is 40.6 Å². The Balaban J connectivity index is 1.26. The highest BCUT2D eigenvalue weighted by molar-refractivity contribution is 5.15. The predicted octanol–water partition coefficient (Wildman–Crippen LogP) is 6.04. The number of rotatable bonds is 0.